The molecule has 130 valence electrons. The van der Waals surface area contributed by atoms with Crippen molar-refractivity contribution < 1.29 is 14.6 Å². The number of cyclic esters (lactones) is 1. The van der Waals surface area contributed by atoms with Gasteiger partial charge in [0.05, 0.1) is 0 Å². The molecule has 0 aromatic heterocycles. The number of carbonyl (C=O) groups excluding carboxylic acids is 1. The third kappa shape index (κ3) is 7.59. The molecule has 1 fully saturated rings. The highest BCUT2D eigenvalue weighted by molar-refractivity contribution is 5.78. The molecule has 4 nitrogen and oxygen atoms in total. The van der Waals surface area contributed by atoms with Crippen LogP contribution in [0, 0.1) is 0 Å². The van der Waals surface area contributed by atoms with E-state index >= 15 is 0 Å². The number of ether oxygens (including phenoxy) is 1. The molecule has 4 heteroatoms. The summed E-state index contributed by atoms with van der Waals surface area (Å²) in [5.74, 6) is -0.462. The SMILES string of the molecule is CCCCCCCCCCCCCC[C@H]1OC(=O)[C@H](N)[C@H]1O. The Morgan fingerprint density at radius 2 is 1.36 bits per heavy atom. The predicted octanol–water partition coefficient (Wildman–Crippen LogP) is 3.69. The minimum Gasteiger partial charge on any atom is -0.458 e. The van der Waals surface area contributed by atoms with Crippen LogP contribution in [0.2, 0.25) is 0 Å². The van der Waals surface area contributed by atoms with E-state index in [0.29, 0.717) is 0 Å². The Labute approximate surface area is 135 Å². The maximum absolute atomic E-state index is 11.2. The number of esters is 1. The molecular formula is C18H35NO3. The lowest BCUT2D eigenvalue weighted by atomic mass is 10.0. The van der Waals surface area contributed by atoms with E-state index < -0.39 is 18.1 Å². The van der Waals surface area contributed by atoms with Crippen molar-refractivity contribution in [3.8, 4) is 0 Å². The van der Waals surface area contributed by atoms with Crippen LogP contribution >= 0.6 is 0 Å². The number of hydrogen-bond acceptors (Lipinski definition) is 4. The second-order valence-corrected chi connectivity index (χ2v) is 6.67. The van der Waals surface area contributed by atoms with Crippen LogP contribution in [0.4, 0.5) is 0 Å². The molecule has 0 amide bonds. The molecule has 0 spiro atoms. The van der Waals surface area contributed by atoms with Crippen molar-refractivity contribution >= 4 is 5.97 Å². The van der Waals surface area contributed by atoms with Crippen molar-refractivity contribution in [2.75, 3.05) is 0 Å². The molecule has 1 rings (SSSR count). The standard InChI is InChI=1S/C18H35NO3/c1-2-3-4-5-6-7-8-9-10-11-12-13-14-15-17(20)16(19)18(21)22-15/h15-17,20H,2-14,19H2,1H3/t15-,16-,17+/m1/s1. The van der Waals surface area contributed by atoms with Gasteiger partial charge >= 0.3 is 5.97 Å². The van der Waals surface area contributed by atoms with Crippen molar-refractivity contribution in [3.05, 3.63) is 0 Å². The molecule has 0 radical (unpaired) electrons. The molecule has 22 heavy (non-hydrogen) atoms. The van der Waals surface area contributed by atoms with Crippen LogP contribution in [0.3, 0.4) is 0 Å². The molecule has 0 bridgehead atoms. The van der Waals surface area contributed by atoms with Gasteiger partial charge in [0.15, 0.2) is 0 Å². The molecule has 1 saturated heterocycles. The van der Waals surface area contributed by atoms with E-state index in [0.717, 1.165) is 19.3 Å². The lowest BCUT2D eigenvalue weighted by Crippen LogP contribution is -2.38. The number of nitrogens with two attached hydrogens (primary N) is 1. The van der Waals surface area contributed by atoms with Gasteiger partial charge in [-0.25, -0.2) is 0 Å². The first-order chi connectivity index (χ1) is 10.7. The van der Waals surface area contributed by atoms with Crippen molar-refractivity contribution in [2.24, 2.45) is 5.73 Å². The van der Waals surface area contributed by atoms with Gasteiger partial charge in [-0.05, 0) is 12.8 Å². The Hall–Kier alpha value is -0.610. The first kappa shape index (κ1) is 19.4. The Kier molecular flexibility index (Phi) is 10.5. The third-order valence-electron chi connectivity index (χ3n) is 4.63. The number of rotatable bonds is 13. The van der Waals surface area contributed by atoms with E-state index in [1.165, 1.54) is 64.2 Å². The fourth-order valence-corrected chi connectivity index (χ4v) is 3.08. The topological polar surface area (TPSA) is 72.5 Å². The first-order valence-corrected chi connectivity index (χ1v) is 9.31. The molecule has 3 atom stereocenters. The van der Waals surface area contributed by atoms with Gasteiger partial charge in [0.25, 0.3) is 0 Å². The summed E-state index contributed by atoms with van der Waals surface area (Å²) < 4.78 is 5.07. The molecule has 3 N–H and O–H groups in total. The minimum absolute atomic E-state index is 0.384. The zero-order chi connectivity index (χ0) is 16.2. The van der Waals surface area contributed by atoms with E-state index in [-0.39, 0.29) is 6.10 Å². The number of hydrogen-bond donors (Lipinski definition) is 2. The van der Waals surface area contributed by atoms with Crippen LogP contribution in [-0.2, 0) is 9.53 Å². The first-order valence-electron chi connectivity index (χ1n) is 9.31. The third-order valence-corrected chi connectivity index (χ3v) is 4.63. The van der Waals surface area contributed by atoms with Crippen LogP contribution in [0.1, 0.15) is 90.4 Å². The Bertz CT molecular complexity index is 296. The van der Waals surface area contributed by atoms with Crippen LogP contribution in [0.5, 0.6) is 0 Å². The normalized spacial score (nSPS) is 24.7. The van der Waals surface area contributed by atoms with Gasteiger partial charge in [-0.15, -0.1) is 0 Å². The van der Waals surface area contributed by atoms with Crippen molar-refractivity contribution in [1.29, 1.82) is 0 Å². The van der Waals surface area contributed by atoms with Gasteiger partial charge < -0.3 is 15.6 Å². The van der Waals surface area contributed by atoms with E-state index in [9.17, 15) is 9.90 Å². The van der Waals surface area contributed by atoms with Crippen LogP contribution in [-0.4, -0.2) is 29.3 Å². The zero-order valence-electron chi connectivity index (χ0n) is 14.3. The second-order valence-electron chi connectivity index (χ2n) is 6.67. The van der Waals surface area contributed by atoms with Crippen molar-refractivity contribution in [2.45, 2.75) is 109 Å². The molecule has 1 aliphatic heterocycles. The Morgan fingerprint density at radius 3 is 1.77 bits per heavy atom. The number of unbranched alkanes of at least 4 members (excludes halogenated alkanes) is 11. The summed E-state index contributed by atoms with van der Waals surface area (Å²) in [5, 5.41) is 9.73. The molecule has 0 unspecified atom stereocenters. The molecule has 1 aliphatic rings. The monoisotopic (exact) mass is 313 g/mol. The van der Waals surface area contributed by atoms with Gasteiger partial charge in [0.1, 0.15) is 18.2 Å². The molecule has 0 aromatic carbocycles. The highest BCUT2D eigenvalue weighted by Crippen LogP contribution is 2.20. The minimum atomic E-state index is -0.845. The van der Waals surface area contributed by atoms with Crippen LogP contribution in [0.25, 0.3) is 0 Å². The van der Waals surface area contributed by atoms with Gasteiger partial charge in [0.2, 0.25) is 0 Å². The predicted molar refractivity (Wildman–Crippen MR) is 89.6 cm³/mol. The maximum atomic E-state index is 11.2. The molecule has 0 aliphatic carbocycles. The van der Waals surface area contributed by atoms with Gasteiger partial charge in [-0.2, -0.15) is 0 Å². The molecule has 0 saturated carbocycles. The number of aliphatic hydroxyl groups excluding tert-OH is 1. The molecular weight excluding hydrogens is 278 g/mol. The summed E-state index contributed by atoms with van der Waals surface area (Å²) in [6.07, 6.45) is 15.2. The van der Waals surface area contributed by atoms with Crippen molar-refractivity contribution in [3.63, 3.8) is 0 Å². The average Bonchev–Trinajstić information content (AvgIpc) is 2.75. The summed E-state index contributed by atoms with van der Waals surface area (Å²) in [6.45, 7) is 2.26. The van der Waals surface area contributed by atoms with E-state index in [4.69, 9.17) is 10.5 Å². The Morgan fingerprint density at radius 1 is 0.909 bits per heavy atom. The van der Waals surface area contributed by atoms with Gasteiger partial charge in [-0.1, -0.05) is 77.6 Å². The number of aliphatic hydroxyl groups is 1. The zero-order valence-corrected chi connectivity index (χ0v) is 14.3. The average molecular weight is 313 g/mol. The Balaban J connectivity index is 1.83. The highest BCUT2D eigenvalue weighted by Gasteiger charge is 2.40. The largest absolute Gasteiger partial charge is 0.458 e. The highest BCUT2D eigenvalue weighted by atomic mass is 16.6. The van der Waals surface area contributed by atoms with E-state index in [1.54, 1.807) is 0 Å². The number of carbonyl (C=O) groups is 1. The van der Waals surface area contributed by atoms with E-state index in [1.807, 2.05) is 0 Å². The quantitative estimate of drug-likeness (QED) is 0.402. The van der Waals surface area contributed by atoms with Crippen LogP contribution in [0.15, 0.2) is 0 Å². The summed E-state index contributed by atoms with van der Waals surface area (Å²) >= 11 is 0. The lowest BCUT2D eigenvalue weighted by molar-refractivity contribution is -0.142. The van der Waals surface area contributed by atoms with E-state index in [2.05, 4.69) is 6.92 Å². The molecule has 0 aromatic rings. The van der Waals surface area contributed by atoms with Crippen LogP contribution < -0.4 is 5.73 Å². The second kappa shape index (κ2) is 11.9. The summed E-state index contributed by atoms with van der Waals surface area (Å²) in [7, 11) is 0. The summed E-state index contributed by atoms with van der Waals surface area (Å²) in [5.41, 5.74) is 5.52. The van der Waals surface area contributed by atoms with Crippen molar-refractivity contribution in [1.82, 2.24) is 0 Å². The molecule has 1 heterocycles. The summed E-state index contributed by atoms with van der Waals surface area (Å²) in [6, 6.07) is -0.845. The maximum Gasteiger partial charge on any atom is 0.326 e. The fourth-order valence-electron chi connectivity index (χ4n) is 3.08. The summed E-state index contributed by atoms with van der Waals surface area (Å²) in [4.78, 5) is 11.2. The van der Waals surface area contributed by atoms with Gasteiger partial charge in [-0.3, -0.25) is 4.79 Å². The van der Waals surface area contributed by atoms with Gasteiger partial charge in [0, 0.05) is 0 Å². The smallest absolute Gasteiger partial charge is 0.326 e. The fraction of sp³-hybridized carbons (Fsp3) is 0.944. The lowest BCUT2D eigenvalue weighted by Gasteiger charge is -2.13.